The topological polar surface area (TPSA) is 99.4 Å². The molecule has 0 bridgehead atoms. The number of anilines is 1. The van der Waals surface area contributed by atoms with Crippen molar-refractivity contribution in [2.75, 3.05) is 17.9 Å². The molecule has 0 spiro atoms. The summed E-state index contributed by atoms with van der Waals surface area (Å²) < 4.78 is 26.7. The van der Waals surface area contributed by atoms with E-state index in [9.17, 15) is 4.55 Å². The van der Waals surface area contributed by atoms with E-state index < -0.39 is 11.4 Å². The number of rotatable bonds is 7. The molecule has 8 nitrogen and oxygen atoms in total. The van der Waals surface area contributed by atoms with Gasteiger partial charge in [-0.05, 0) is 37.5 Å². The van der Waals surface area contributed by atoms with Gasteiger partial charge in [-0.25, -0.2) is 4.98 Å². The summed E-state index contributed by atoms with van der Waals surface area (Å²) in [5, 5.41) is 4.34. The number of nitrogens with one attached hydrogen (secondary N) is 1. The lowest BCUT2D eigenvalue weighted by Gasteiger charge is -2.33. The number of halogens is 1. The standard InChI is InChI=1S/C24H30ClN5O3S/c1-6-32-20-13-26-19(12-27-20)15(2)30-10-9-16-7-8-18(11-17(16)14-30)34(31)29-23-21(25)22(33-28-23)24(3,4)5/h7-8,11-13,15H,6,9-10,14H2,1-5H3,(H,28,29). The first kappa shape index (κ1) is 24.8. The number of nitrogens with zero attached hydrogens (tertiary/aromatic N) is 4. The molecule has 4 rings (SSSR count). The number of aromatic nitrogens is 3. The van der Waals surface area contributed by atoms with Crippen molar-refractivity contribution < 1.29 is 13.8 Å². The number of hydrogen-bond donors (Lipinski definition) is 1. The van der Waals surface area contributed by atoms with E-state index in [1.54, 1.807) is 12.4 Å². The van der Waals surface area contributed by atoms with Crippen molar-refractivity contribution in [1.82, 2.24) is 20.0 Å². The van der Waals surface area contributed by atoms with E-state index in [-0.39, 0.29) is 17.3 Å². The smallest absolute Gasteiger partial charge is 0.232 e. The quantitative estimate of drug-likeness (QED) is 0.446. The maximum Gasteiger partial charge on any atom is 0.232 e. The van der Waals surface area contributed by atoms with Crippen molar-refractivity contribution >= 4 is 28.8 Å². The normalized spacial score (nSPS) is 16.1. The van der Waals surface area contributed by atoms with Crippen LogP contribution in [0.1, 0.15) is 63.2 Å². The summed E-state index contributed by atoms with van der Waals surface area (Å²) in [4.78, 5) is 11.9. The molecule has 3 heterocycles. The zero-order valence-electron chi connectivity index (χ0n) is 20.1. The summed E-state index contributed by atoms with van der Waals surface area (Å²) in [5.41, 5.74) is 3.00. The molecule has 0 fully saturated rings. The molecule has 1 aliphatic heterocycles. The van der Waals surface area contributed by atoms with Crippen LogP contribution in [0.2, 0.25) is 5.02 Å². The van der Waals surface area contributed by atoms with E-state index in [4.69, 9.17) is 20.9 Å². The molecule has 1 N–H and O–H groups in total. The van der Waals surface area contributed by atoms with Crippen molar-refractivity contribution in [2.24, 2.45) is 0 Å². The largest absolute Gasteiger partial charge is 0.588 e. The van der Waals surface area contributed by atoms with Crippen LogP contribution in [0.3, 0.4) is 0 Å². The minimum absolute atomic E-state index is 0.0911. The molecular formula is C24H30ClN5O3S. The van der Waals surface area contributed by atoms with Gasteiger partial charge in [0.1, 0.15) is 16.4 Å². The molecule has 1 aliphatic rings. The van der Waals surface area contributed by atoms with Crippen LogP contribution in [-0.2, 0) is 29.7 Å². The lowest BCUT2D eigenvalue weighted by molar-refractivity contribution is 0.188. The van der Waals surface area contributed by atoms with Gasteiger partial charge < -0.3 is 13.8 Å². The van der Waals surface area contributed by atoms with Crippen molar-refractivity contribution in [3.63, 3.8) is 0 Å². The Kier molecular flexibility index (Phi) is 7.37. The molecular weight excluding hydrogens is 474 g/mol. The highest BCUT2D eigenvalue weighted by atomic mass is 35.5. The van der Waals surface area contributed by atoms with Crippen molar-refractivity contribution in [3.8, 4) is 5.88 Å². The summed E-state index contributed by atoms with van der Waals surface area (Å²) in [7, 11) is 0. The summed E-state index contributed by atoms with van der Waals surface area (Å²) in [6.45, 7) is 12.2. The Morgan fingerprint density at radius 1 is 1.26 bits per heavy atom. The Balaban J connectivity index is 1.47. The minimum Gasteiger partial charge on any atom is -0.588 e. The van der Waals surface area contributed by atoms with Crippen molar-refractivity contribution in [3.05, 3.63) is 58.2 Å². The summed E-state index contributed by atoms with van der Waals surface area (Å²) >= 11 is 4.89. The van der Waals surface area contributed by atoms with Crippen molar-refractivity contribution in [2.45, 2.75) is 63.9 Å². The predicted octanol–water partition coefficient (Wildman–Crippen LogP) is 5.07. The number of ether oxygens (including phenoxy) is 1. The molecule has 1 aromatic carbocycles. The van der Waals surface area contributed by atoms with Gasteiger partial charge in [-0.1, -0.05) is 43.6 Å². The highest BCUT2D eigenvalue weighted by Gasteiger charge is 2.29. The van der Waals surface area contributed by atoms with E-state index in [0.29, 0.717) is 28.2 Å². The van der Waals surface area contributed by atoms with Crippen LogP contribution in [-0.4, -0.2) is 37.7 Å². The molecule has 2 unspecified atom stereocenters. The van der Waals surface area contributed by atoms with E-state index >= 15 is 0 Å². The van der Waals surface area contributed by atoms with Gasteiger partial charge in [-0.15, -0.1) is 0 Å². The molecule has 34 heavy (non-hydrogen) atoms. The monoisotopic (exact) mass is 503 g/mol. The van der Waals surface area contributed by atoms with Crippen molar-refractivity contribution in [1.29, 1.82) is 0 Å². The van der Waals surface area contributed by atoms with Crippen LogP contribution in [0.25, 0.3) is 0 Å². The van der Waals surface area contributed by atoms with Gasteiger partial charge in [0.15, 0.2) is 10.7 Å². The highest BCUT2D eigenvalue weighted by molar-refractivity contribution is 7.92. The highest BCUT2D eigenvalue weighted by Crippen LogP contribution is 2.35. The number of hydrogen-bond acceptors (Lipinski definition) is 8. The minimum atomic E-state index is -1.53. The van der Waals surface area contributed by atoms with Crippen LogP contribution in [0, 0.1) is 0 Å². The summed E-state index contributed by atoms with van der Waals surface area (Å²) in [6, 6.07) is 6.01. The number of benzene rings is 1. The van der Waals surface area contributed by atoms with Crippen LogP contribution in [0.4, 0.5) is 5.82 Å². The molecule has 0 amide bonds. The third-order valence-corrected chi connectivity index (χ3v) is 7.27. The third kappa shape index (κ3) is 5.33. The third-order valence-electron chi connectivity index (χ3n) is 5.86. The average molecular weight is 504 g/mol. The fraction of sp³-hybridized carbons (Fsp3) is 0.458. The molecule has 182 valence electrons. The second-order valence-corrected chi connectivity index (χ2v) is 10.9. The van der Waals surface area contributed by atoms with E-state index in [1.807, 2.05) is 45.9 Å². The first-order valence-electron chi connectivity index (χ1n) is 11.3. The fourth-order valence-corrected chi connectivity index (χ4v) is 5.24. The van der Waals surface area contributed by atoms with Gasteiger partial charge in [0, 0.05) is 24.6 Å². The van der Waals surface area contributed by atoms with Crippen LogP contribution < -0.4 is 9.46 Å². The molecule has 0 radical (unpaired) electrons. The second-order valence-electron chi connectivity index (χ2n) is 9.33. The second kappa shape index (κ2) is 10.1. The van der Waals surface area contributed by atoms with Gasteiger partial charge in [-0.3, -0.25) is 9.88 Å². The number of fused-ring (bicyclic) bond motifs is 1. The van der Waals surface area contributed by atoms with E-state index in [0.717, 1.165) is 30.8 Å². The van der Waals surface area contributed by atoms with Gasteiger partial charge in [0.25, 0.3) is 0 Å². The van der Waals surface area contributed by atoms with Crippen LogP contribution in [0.5, 0.6) is 5.88 Å². The Hall–Kier alpha value is -2.33. The molecule has 0 saturated heterocycles. The first-order valence-corrected chi connectivity index (χ1v) is 12.8. The zero-order chi connectivity index (χ0) is 24.5. The van der Waals surface area contributed by atoms with Crippen LogP contribution >= 0.6 is 11.6 Å². The maximum absolute atomic E-state index is 13.0. The fourth-order valence-electron chi connectivity index (χ4n) is 3.91. The van der Waals surface area contributed by atoms with Gasteiger partial charge >= 0.3 is 0 Å². The Morgan fingerprint density at radius 2 is 2.06 bits per heavy atom. The van der Waals surface area contributed by atoms with Gasteiger partial charge in [0.05, 0.1) is 30.7 Å². The SMILES string of the molecule is CCOc1cnc(C(C)N2CCc3ccc([S+]([O-])Nc4noc(C(C)(C)C)c4Cl)cc3C2)cn1. The first-order chi connectivity index (χ1) is 16.2. The maximum atomic E-state index is 13.0. The Bertz CT molecular complexity index is 1130. The van der Waals surface area contributed by atoms with Crippen LogP contribution in [0.15, 0.2) is 40.0 Å². The Morgan fingerprint density at radius 3 is 2.71 bits per heavy atom. The summed E-state index contributed by atoms with van der Waals surface area (Å²) in [5.74, 6) is 1.37. The molecule has 2 aromatic heterocycles. The van der Waals surface area contributed by atoms with E-state index in [1.165, 1.54) is 5.56 Å². The summed E-state index contributed by atoms with van der Waals surface area (Å²) in [6.07, 6.45) is 4.35. The molecule has 0 aliphatic carbocycles. The average Bonchev–Trinajstić information content (AvgIpc) is 3.19. The Labute approximate surface area is 208 Å². The van der Waals surface area contributed by atoms with Gasteiger partial charge in [-0.2, -0.15) is 4.72 Å². The lowest BCUT2D eigenvalue weighted by Crippen LogP contribution is -2.33. The predicted molar refractivity (Wildman–Crippen MR) is 132 cm³/mol. The molecule has 0 saturated carbocycles. The van der Waals surface area contributed by atoms with Gasteiger partial charge in [0.2, 0.25) is 11.7 Å². The van der Waals surface area contributed by atoms with E-state index in [2.05, 4.69) is 31.7 Å². The molecule has 3 aromatic rings. The molecule has 2 atom stereocenters. The zero-order valence-corrected chi connectivity index (χ0v) is 21.7. The lowest BCUT2D eigenvalue weighted by atomic mass is 9.93. The molecule has 10 heteroatoms.